The monoisotopic (exact) mass is 305 g/mol. The summed E-state index contributed by atoms with van der Waals surface area (Å²) in [4.78, 5) is 11.2. The molecule has 7 heteroatoms. The number of carboxylic acid groups (broad SMARTS) is 1. The van der Waals surface area contributed by atoms with Crippen molar-refractivity contribution in [3.8, 4) is 0 Å². The summed E-state index contributed by atoms with van der Waals surface area (Å²) in [5.74, 6) is -1.19. The smallest absolute Gasteiger partial charge is 0.327 e. The normalized spacial score (nSPS) is 13.1. The number of halogens is 1. The van der Waals surface area contributed by atoms with Crippen LogP contribution >= 0.6 is 11.6 Å². The number of hydrogen-bond donors (Lipinski definition) is 1. The van der Waals surface area contributed by atoms with Crippen molar-refractivity contribution < 1.29 is 18.3 Å². The van der Waals surface area contributed by atoms with E-state index >= 15 is 0 Å². The molecule has 5 nitrogen and oxygen atoms in total. The fraction of sp³-hybridized carbons (Fsp3) is 0.417. The van der Waals surface area contributed by atoms with Crippen LogP contribution in [0.15, 0.2) is 18.2 Å². The van der Waals surface area contributed by atoms with Crippen molar-refractivity contribution in [1.82, 2.24) is 0 Å². The number of rotatable bonds is 5. The molecule has 0 aromatic heterocycles. The summed E-state index contributed by atoms with van der Waals surface area (Å²) in [6.07, 6.45) is 1.14. The second-order valence-corrected chi connectivity index (χ2v) is 6.52. The number of aryl methyl sites for hydroxylation is 1. The summed E-state index contributed by atoms with van der Waals surface area (Å²) in [6.45, 7) is 3.40. The Morgan fingerprint density at radius 2 is 2.05 bits per heavy atom. The van der Waals surface area contributed by atoms with Gasteiger partial charge in [0.05, 0.1) is 11.9 Å². The SMILES string of the molecule is CC[C@H](C(=O)O)N(c1ccc(C)c(Cl)c1)S(C)(=O)=O. The van der Waals surface area contributed by atoms with Gasteiger partial charge < -0.3 is 5.11 Å². The van der Waals surface area contributed by atoms with Gasteiger partial charge in [-0.15, -0.1) is 0 Å². The molecule has 0 aliphatic rings. The maximum absolute atomic E-state index is 11.9. The van der Waals surface area contributed by atoms with Gasteiger partial charge in [0.2, 0.25) is 10.0 Å². The van der Waals surface area contributed by atoms with Crippen LogP contribution in [0.3, 0.4) is 0 Å². The molecule has 0 spiro atoms. The number of aliphatic carboxylic acids is 1. The van der Waals surface area contributed by atoms with Crippen LogP contribution in [0, 0.1) is 6.92 Å². The van der Waals surface area contributed by atoms with E-state index < -0.39 is 22.0 Å². The van der Waals surface area contributed by atoms with Crippen LogP contribution in [0.4, 0.5) is 5.69 Å². The van der Waals surface area contributed by atoms with Crippen LogP contribution in [0.1, 0.15) is 18.9 Å². The molecule has 1 rings (SSSR count). The van der Waals surface area contributed by atoms with Gasteiger partial charge in [0.15, 0.2) is 0 Å². The zero-order valence-corrected chi connectivity index (χ0v) is 12.5. The molecule has 0 aliphatic carbocycles. The summed E-state index contributed by atoms with van der Waals surface area (Å²) in [5.41, 5.74) is 1.05. The molecule has 0 radical (unpaired) electrons. The Morgan fingerprint density at radius 3 is 2.42 bits per heavy atom. The second kappa shape index (κ2) is 5.79. The molecule has 0 fully saturated rings. The van der Waals surface area contributed by atoms with E-state index in [1.807, 2.05) is 0 Å². The molecular formula is C12H16ClNO4S. The fourth-order valence-corrected chi connectivity index (χ4v) is 3.13. The molecule has 0 saturated carbocycles. The molecule has 1 atom stereocenters. The van der Waals surface area contributed by atoms with Gasteiger partial charge in [-0.2, -0.15) is 0 Å². The Bertz CT molecular complexity index is 585. The number of nitrogens with zero attached hydrogens (tertiary/aromatic N) is 1. The van der Waals surface area contributed by atoms with E-state index in [9.17, 15) is 13.2 Å². The Labute approximate surface area is 117 Å². The summed E-state index contributed by atoms with van der Waals surface area (Å²) < 4.78 is 24.6. The lowest BCUT2D eigenvalue weighted by atomic mass is 10.2. The summed E-state index contributed by atoms with van der Waals surface area (Å²) in [5, 5.41) is 9.55. The highest BCUT2D eigenvalue weighted by atomic mass is 35.5. The highest BCUT2D eigenvalue weighted by molar-refractivity contribution is 7.92. The Kier molecular flexibility index (Phi) is 4.81. The van der Waals surface area contributed by atoms with Crippen molar-refractivity contribution in [2.75, 3.05) is 10.6 Å². The van der Waals surface area contributed by atoms with Gasteiger partial charge in [0.1, 0.15) is 6.04 Å². The number of benzene rings is 1. The average Bonchev–Trinajstić information content (AvgIpc) is 2.27. The molecule has 1 N–H and O–H groups in total. The molecule has 0 amide bonds. The maximum atomic E-state index is 11.9. The van der Waals surface area contributed by atoms with Crippen LogP contribution in [0.25, 0.3) is 0 Å². The van der Waals surface area contributed by atoms with Crippen molar-refractivity contribution in [2.45, 2.75) is 26.3 Å². The van der Waals surface area contributed by atoms with Crippen LogP contribution in [0.2, 0.25) is 5.02 Å². The first-order chi connectivity index (χ1) is 8.68. The topological polar surface area (TPSA) is 74.7 Å². The first kappa shape index (κ1) is 15.8. The van der Waals surface area contributed by atoms with Gasteiger partial charge in [0.25, 0.3) is 0 Å². The lowest BCUT2D eigenvalue weighted by Gasteiger charge is -2.28. The minimum absolute atomic E-state index is 0.161. The number of hydrogen-bond acceptors (Lipinski definition) is 3. The summed E-state index contributed by atoms with van der Waals surface area (Å²) in [6, 6.07) is 3.52. The van der Waals surface area contributed by atoms with Gasteiger partial charge in [-0.3, -0.25) is 4.31 Å². The van der Waals surface area contributed by atoms with Gasteiger partial charge >= 0.3 is 5.97 Å². The van der Waals surface area contributed by atoms with Crippen molar-refractivity contribution >= 4 is 33.3 Å². The molecule has 0 aliphatic heterocycles. The quantitative estimate of drug-likeness (QED) is 0.905. The molecule has 0 bridgehead atoms. The fourth-order valence-electron chi connectivity index (χ4n) is 1.76. The van der Waals surface area contributed by atoms with Gasteiger partial charge in [0, 0.05) is 5.02 Å². The minimum atomic E-state index is -3.71. The first-order valence-corrected chi connectivity index (χ1v) is 7.89. The standard InChI is InChI=1S/C12H16ClNO4S/c1-4-11(12(15)16)14(19(3,17)18)9-6-5-8(2)10(13)7-9/h5-7,11H,4H2,1-3H3,(H,15,16)/t11-/m1/s1. The van der Waals surface area contributed by atoms with Crippen LogP contribution < -0.4 is 4.31 Å². The van der Waals surface area contributed by atoms with E-state index in [-0.39, 0.29) is 12.1 Å². The van der Waals surface area contributed by atoms with Gasteiger partial charge in [-0.25, -0.2) is 13.2 Å². The molecule has 19 heavy (non-hydrogen) atoms. The molecule has 0 saturated heterocycles. The van der Waals surface area contributed by atoms with E-state index in [2.05, 4.69) is 0 Å². The van der Waals surface area contributed by atoms with Crippen molar-refractivity contribution in [1.29, 1.82) is 0 Å². The molecule has 1 aromatic rings. The van der Waals surface area contributed by atoms with E-state index in [0.29, 0.717) is 5.02 Å². The molecule has 106 valence electrons. The average molecular weight is 306 g/mol. The number of carboxylic acids is 1. The van der Waals surface area contributed by atoms with Crippen LogP contribution in [0.5, 0.6) is 0 Å². The highest BCUT2D eigenvalue weighted by Crippen LogP contribution is 2.27. The highest BCUT2D eigenvalue weighted by Gasteiger charge is 2.31. The number of carbonyl (C=O) groups is 1. The molecule has 1 aromatic carbocycles. The van der Waals surface area contributed by atoms with Crippen molar-refractivity contribution in [2.24, 2.45) is 0 Å². The van der Waals surface area contributed by atoms with Crippen LogP contribution in [-0.2, 0) is 14.8 Å². The zero-order valence-electron chi connectivity index (χ0n) is 10.9. The number of anilines is 1. The lowest BCUT2D eigenvalue weighted by molar-refractivity contribution is -0.138. The van der Waals surface area contributed by atoms with Gasteiger partial charge in [-0.05, 0) is 31.0 Å². The minimum Gasteiger partial charge on any atom is -0.480 e. The molecule has 0 heterocycles. The Balaban J connectivity index is 3.40. The third kappa shape index (κ3) is 3.61. The van der Waals surface area contributed by atoms with E-state index in [1.54, 1.807) is 26.0 Å². The second-order valence-electron chi connectivity index (χ2n) is 4.25. The predicted octanol–water partition coefficient (Wildman–Crippen LogP) is 2.28. The van der Waals surface area contributed by atoms with Crippen molar-refractivity contribution in [3.05, 3.63) is 28.8 Å². The Hall–Kier alpha value is -1.27. The predicted molar refractivity (Wildman–Crippen MR) is 75.2 cm³/mol. The van der Waals surface area contributed by atoms with Crippen LogP contribution in [-0.4, -0.2) is 31.8 Å². The Morgan fingerprint density at radius 1 is 1.47 bits per heavy atom. The lowest BCUT2D eigenvalue weighted by Crippen LogP contribution is -2.44. The summed E-state index contributed by atoms with van der Waals surface area (Å²) >= 11 is 5.97. The van der Waals surface area contributed by atoms with E-state index in [0.717, 1.165) is 16.1 Å². The van der Waals surface area contributed by atoms with Crippen molar-refractivity contribution in [3.63, 3.8) is 0 Å². The zero-order chi connectivity index (χ0) is 14.8. The first-order valence-electron chi connectivity index (χ1n) is 5.66. The van der Waals surface area contributed by atoms with Gasteiger partial charge in [-0.1, -0.05) is 24.6 Å². The number of sulfonamides is 1. The van der Waals surface area contributed by atoms with E-state index in [4.69, 9.17) is 16.7 Å². The molecular weight excluding hydrogens is 290 g/mol. The third-order valence-corrected chi connectivity index (χ3v) is 4.31. The maximum Gasteiger partial charge on any atom is 0.327 e. The molecule has 0 unspecified atom stereocenters. The summed E-state index contributed by atoms with van der Waals surface area (Å²) in [7, 11) is -3.71. The van der Waals surface area contributed by atoms with E-state index in [1.165, 1.54) is 6.07 Å². The largest absolute Gasteiger partial charge is 0.480 e. The third-order valence-electron chi connectivity index (χ3n) is 2.72.